The fourth-order valence-electron chi connectivity index (χ4n) is 3.69. The van der Waals surface area contributed by atoms with Gasteiger partial charge in [-0.2, -0.15) is 0 Å². The van der Waals surface area contributed by atoms with Gasteiger partial charge in [-0.15, -0.1) is 11.8 Å². The molecule has 0 aromatic heterocycles. The summed E-state index contributed by atoms with van der Waals surface area (Å²) in [5.74, 6) is 1.83. The van der Waals surface area contributed by atoms with E-state index in [1.54, 1.807) is 0 Å². The molecule has 116 valence electrons. The molecule has 0 atom stereocenters. The molecule has 0 unspecified atom stereocenters. The van der Waals surface area contributed by atoms with Crippen molar-refractivity contribution in [1.29, 1.82) is 0 Å². The highest BCUT2D eigenvalue weighted by Crippen LogP contribution is 2.38. The molecule has 2 heteroatoms. The number of para-hydroxylation sites is 1. The van der Waals surface area contributed by atoms with Crippen LogP contribution in [0, 0.1) is 11.8 Å². The molecule has 0 radical (unpaired) electrons. The Morgan fingerprint density at radius 3 is 2.48 bits per heavy atom. The van der Waals surface area contributed by atoms with Crippen LogP contribution in [0.25, 0.3) is 0 Å². The number of rotatable bonds is 5. The van der Waals surface area contributed by atoms with E-state index in [2.05, 4.69) is 48.3 Å². The average Bonchev–Trinajstić information content (AvgIpc) is 3.01. The van der Waals surface area contributed by atoms with Crippen LogP contribution in [0.5, 0.6) is 0 Å². The zero-order valence-electron chi connectivity index (χ0n) is 13.3. The van der Waals surface area contributed by atoms with Gasteiger partial charge in [0, 0.05) is 22.4 Å². The zero-order valence-corrected chi connectivity index (χ0v) is 14.1. The van der Waals surface area contributed by atoms with E-state index in [9.17, 15) is 0 Å². The molecule has 0 saturated heterocycles. The molecule has 2 fully saturated rings. The molecule has 2 saturated carbocycles. The average molecular weight is 304 g/mol. The van der Waals surface area contributed by atoms with Crippen molar-refractivity contribution in [3.05, 3.63) is 24.3 Å². The molecule has 3 rings (SSSR count). The van der Waals surface area contributed by atoms with Crippen molar-refractivity contribution in [2.75, 3.05) is 11.9 Å². The second kappa shape index (κ2) is 7.58. The highest BCUT2D eigenvalue weighted by Gasteiger charge is 2.20. The standard InChI is InChI=1S/C19H29NS/c1-15-10-12-16(13-11-15)14-20-18-8-4-5-9-19(18)21-17-6-2-3-7-17/h4-5,8-9,15-17,20H,2-3,6-7,10-14H2,1H3. The lowest BCUT2D eigenvalue weighted by molar-refractivity contribution is 0.300. The van der Waals surface area contributed by atoms with E-state index in [-0.39, 0.29) is 0 Å². The van der Waals surface area contributed by atoms with E-state index in [1.165, 1.54) is 61.9 Å². The number of thioether (sulfide) groups is 1. The molecule has 0 heterocycles. The molecule has 0 aliphatic heterocycles. The van der Waals surface area contributed by atoms with Crippen molar-refractivity contribution in [3.63, 3.8) is 0 Å². The van der Waals surface area contributed by atoms with Crippen molar-refractivity contribution >= 4 is 17.4 Å². The molecule has 2 aliphatic rings. The Hall–Kier alpha value is -0.630. The molecule has 1 aromatic carbocycles. The summed E-state index contributed by atoms with van der Waals surface area (Å²) in [5.41, 5.74) is 1.37. The Morgan fingerprint density at radius 1 is 1.00 bits per heavy atom. The van der Waals surface area contributed by atoms with E-state index in [1.807, 2.05) is 0 Å². The third-order valence-corrected chi connectivity index (χ3v) is 6.61. The largest absolute Gasteiger partial charge is 0.384 e. The zero-order chi connectivity index (χ0) is 14.5. The summed E-state index contributed by atoms with van der Waals surface area (Å²) in [6, 6.07) is 8.92. The van der Waals surface area contributed by atoms with Crippen molar-refractivity contribution in [1.82, 2.24) is 0 Å². The van der Waals surface area contributed by atoms with Crippen LogP contribution in [0.1, 0.15) is 58.3 Å². The summed E-state index contributed by atoms with van der Waals surface area (Å²) in [6.07, 6.45) is 11.3. The topological polar surface area (TPSA) is 12.0 Å². The van der Waals surface area contributed by atoms with Crippen LogP contribution in [0.3, 0.4) is 0 Å². The Labute approximate surface area is 134 Å². The van der Waals surface area contributed by atoms with Gasteiger partial charge < -0.3 is 5.32 Å². The third-order valence-electron chi connectivity index (χ3n) is 5.20. The fourth-order valence-corrected chi connectivity index (χ4v) is 5.04. The first-order valence-corrected chi connectivity index (χ1v) is 9.69. The number of hydrogen-bond acceptors (Lipinski definition) is 2. The lowest BCUT2D eigenvalue weighted by Crippen LogP contribution is -2.20. The molecule has 1 N–H and O–H groups in total. The highest BCUT2D eigenvalue weighted by molar-refractivity contribution is 8.00. The first-order chi connectivity index (χ1) is 10.3. The molecule has 0 amide bonds. The predicted octanol–water partition coefficient (Wildman–Crippen LogP) is 5.96. The Balaban J connectivity index is 1.54. The maximum absolute atomic E-state index is 3.75. The van der Waals surface area contributed by atoms with Gasteiger partial charge in [-0.25, -0.2) is 0 Å². The summed E-state index contributed by atoms with van der Waals surface area (Å²) in [7, 11) is 0. The van der Waals surface area contributed by atoms with Crippen LogP contribution in [-0.4, -0.2) is 11.8 Å². The van der Waals surface area contributed by atoms with E-state index < -0.39 is 0 Å². The summed E-state index contributed by atoms with van der Waals surface area (Å²) < 4.78 is 0. The predicted molar refractivity (Wildman–Crippen MR) is 94.2 cm³/mol. The number of nitrogens with one attached hydrogen (secondary N) is 1. The van der Waals surface area contributed by atoms with Crippen LogP contribution in [0.2, 0.25) is 0 Å². The lowest BCUT2D eigenvalue weighted by atomic mass is 9.83. The smallest absolute Gasteiger partial charge is 0.0478 e. The monoisotopic (exact) mass is 303 g/mol. The van der Waals surface area contributed by atoms with Crippen molar-refractivity contribution < 1.29 is 0 Å². The number of hydrogen-bond donors (Lipinski definition) is 1. The summed E-state index contributed by atoms with van der Waals surface area (Å²) in [5, 5.41) is 4.60. The van der Waals surface area contributed by atoms with Gasteiger partial charge in [-0.05, 0) is 49.7 Å². The molecule has 1 nitrogen and oxygen atoms in total. The molecular formula is C19H29NS. The Kier molecular flexibility index (Phi) is 5.51. The SMILES string of the molecule is CC1CCC(CNc2ccccc2SC2CCCC2)CC1. The van der Waals surface area contributed by atoms with Gasteiger partial charge in [0.1, 0.15) is 0 Å². The second-order valence-electron chi connectivity index (χ2n) is 7.03. The van der Waals surface area contributed by atoms with Crippen LogP contribution < -0.4 is 5.32 Å². The molecule has 1 aromatic rings. The van der Waals surface area contributed by atoms with E-state index in [0.717, 1.165) is 23.6 Å². The van der Waals surface area contributed by atoms with Gasteiger partial charge in [0.2, 0.25) is 0 Å². The van der Waals surface area contributed by atoms with Crippen LogP contribution in [-0.2, 0) is 0 Å². The molecule has 0 bridgehead atoms. The van der Waals surface area contributed by atoms with E-state index >= 15 is 0 Å². The van der Waals surface area contributed by atoms with Gasteiger partial charge in [-0.1, -0.05) is 44.7 Å². The van der Waals surface area contributed by atoms with E-state index in [0.29, 0.717) is 0 Å². The van der Waals surface area contributed by atoms with Gasteiger partial charge in [-0.3, -0.25) is 0 Å². The highest BCUT2D eigenvalue weighted by atomic mass is 32.2. The third kappa shape index (κ3) is 4.42. The quantitative estimate of drug-likeness (QED) is 0.720. The number of benzene rings is 1. The first-order valence-electron chi connectivity index (χ1n) is 8.81. The summed E-state index contributed by atoms with van der Waals surface area (Å²) in [6.45, 7) is 3.56. The van der Waals surface area contributed by atoms with Crippen molar-refractivity contribution in [2.45, 2.75) is 68.4 Å². The van der Waals surface area contributed by atoms with Crippen LogP contribution in [0.4, 0.5) is 5.69 Å². The minimum absolute atomic E-state index is 0.850. The first kappa shape index (κ1) is 15.3. The van der Waals surface area contributed by atoms with Gasteiger partial charge in [0.15, 0.2) is 0 Å². The lowest BCUT2D eigenvalue weighted by Gasteiger charge is -2.27. The van der Waals surface area contributed by atoms with Gasteiger partial charge in [0.05, 0.1) is 0 Å². The van der Waals surface area contributed by atoms with Crippen LogP contribution in [0.15, 0.2) is 29.2 Å². The summed E-state index contributed by atoms with van der Waals surface area (Å²) in [4.78, 5) is 1.47. The maximum Gasteiger partial charge on any atom is 0.0478 e. The Bertz CT molecular complexity index is 431. The van der Waals surface area contributed by atoms with E-state index in [4.69, 9.17) is 0 Å². The van der Waals surface area contributed by atoms with Gasteiger partial charge >= 0.3 is 0 Å². The molecular weight excluding hydrogens is 274 g/mol. The molecule has 0 spiro atoms. The summed E-state index contributed by atoms with van der Waals surface area (Å²) >= 11 is 2.10. The Morgan fingerprint density at radius 2 is 1.71 bits per heavy atom. The second-order valence-corrected chi connectivity index (χ2v) is 8.37. The number of anilines is 1. The molecule has 2 aliphatic carbocycles. The minimum atomic E-state index is 0.850. The normalized spacial score (nSPS) is 26.9. The minimum Gasteiger partial charge on any atom is -0.384 e. The van der Waals surface area contributed by atoms with Crippen molar-refractivity contribution in [2.24, 2.45) is 11.8 Å². The van der Waals surface area contributed by atoms with Crippen LogP contribution >= 0.6 is 11.8 Å². The van der Waals surface area contributed by atoms with Gasteiger partial charge in [0.25, 0.3) is 0 Å². The fraction of sp³-hybridized carbons (Fsp3) is 0.684. The maximum atomic E-state index is 3.75. The molecule has 21 heavy (non-hydrogen) atoms. The van der Waals surface area contributed by atoms with Crippen molar-refractivity contribution in [3.8, 4) is 0 Å².